The van der Waals surface area contributed by atoms with E-state index in [1.165, 1.54) is 0 Å². The Morgan fingerprint density at radius 3 is 2.62 bits per heavy atom. The average Bonchev–Trinajstić information content (AvgIpc) is 2.79. The van der Waals surface area contributed by atoms with Gasteiger partial charge < -0.3 is 15.4 Å². The fourth-order valence-corrected chi connectivity index (χ4v) is 2.60. The van der Waals surface area contributed by atoms with Crippen molar-refractivity contribution in [1.82, 2.24) is 10.3 Å². The molecule has 0 saturated carbocycles. The summed E-state index contributed by atoms with van der Waals surface area (Å²) in [5.41, 5.74) is 2.02. The van der Waals surface area contributed by atoms with Gasteiger partial charge in [-0.2, -0.15) is 0 Å². The van der Waals surface area contributed by atoms with Crippen LogP contribution in [0.4, 0.5) is 0 Å². The van der Waals surface area contributed by atoms with Crippen molar-refractivity contribution in [1.29, 1.82) is 0 Å². The van der Waals surface area contributed by atoms with Crippen LogP contribution in [0, 0.1) is 5.92 Å². The molecule has 21 heavy (non-hydrogen) atoms. The van der Waals surface area contributed by atoms with Crippen molar-refractivity contribution in [2.75, 3.05) is 0 Å². The van der Waals surface area contributed by atoms with Gasteiger partial charge in [0.2, 0.25) is 0 Å². The third-order valence-electron chi connectivity index (χ3n) is 3.62. The quantitative estimate of drug-likeness (QED) is 0.765. The molecule has 3 N–H and O–H groups in total. The number of hydrogen-bond acceptors (Lipinski definition) is 3. The Hall–Kier alpha value is -1.81. The van der Waals surface area contributed by atoms with Gasteiger partial charge in [-0.3, -0.25) is 4.79 Å². The van der Waals surface area contributed by atoms with Crippen molar-refractivity contribution in [3.63, 3.8) is 0 Å². The van der Waals surface area contributed by atoms with Gasteiger partial charge in [0.15, 0.2) is 5.78 Å². The van der Waals surface area contributed by atoms with E-state index in [1.54, 1.807) is 12.1 Å². The second-order valence-electron chi connectivity index (χ2n) is 6.18. The molecule has 1 aromatic heterocycles. The van der Waals surface area contributed by atoms with Gasteiger partial charge in [0.25, 0.3) is 0 Å². The Bertz CT molecular complexity index is 629. The fraction of sp³-hybridized carbons (Fsp3) is 0.471. The first-order valence-electron chi connectivity index (χ1n) is 7.47. The Labute approximate surface area is 125 Å². The number of aromatic hydroxyl groups is 1. The Balaban J connectivity index is 2.29. The lowest BCUT2D eigenvalue weighted by molar-refractivity contribution is -0.124. The number of phenols is 1. The smallest absolute Gasteiger partial charge is 0.152 e. The van der Waals surface area contributed by atoms with E-state index in [0.717, 1.165) is 16.5 Å². The standard InChI is InChI=1S/C17H24N2O2/c1-10(2)17(21)16(19-11(3)4)7-12-9-18-15-6-5-13(20)8-14(12)15/h5-6,8-11,16,18-20H,7H2,1-4H3. The van der Waals surface area contributed by atoms with Crippen LogP contribution in [0.5, 0.6) is 5.75 Å². The molecule has 0 saturated heterocycles. The molecule has 2 aromatic rings. The van der Waals surface area contributed by atoms with E-state index >= 15 is 0 Å². The summed E-state index contributed by atoms with van der Waals surface area (Å²) in [5, 5.41) is 14.0. The molecule has 1 atom stereocenters. The predicted molar refractivity (Wildman–Crippen MR) is 85.6 cm³/mol. The van der Waals surface area contributed by atoms with Gasteiger partial charge >= 0.3 is 0 Å². The van der Waals surface area contributed by atoms with Crippen LogP contribution in [0.1, 0.15) is 33.3 Å². The fourth-order valence-electron chi connectivity index (χ4n) is 2.60. The molecule has 0 aliphatic rings. The Kier molecular flexibility index (Phi) is 4.68. The maximum atomic E-state index is 12.4. The number of phenolic OH excluding ortho intramolecular Hbond substituents is 1. The second-order valence-corrected chi connectivity index (χ2v) is 6.18. The van der Waals surface area contributed by atoms with Crippen LogP contribution in [0.3, 0.4) is 0 Å². The van der Waals surface area contributed by atoms with E-state index in [1.807, 2.05) is 40.0 Å². The number of benzene rings is 1. The van der Waals surface area contributed by atoms with Gasteiger partial charge in [0.1, 0.15) is 5.75 Å². The highest BCUT2D eigenvalue weighted by Crippen LogP contribution is 2.24. The first-order chi connectivity index (χ1) is 9.88. The molecule has 4 heteroatoms. The lowest BCUT2D eigenvalue weighted by atomic mass is 9.95. The van der Waals surface area contributed by atoms with Crippen LogP contribution < -0.4 is 5.32 Å². The molecule has 1 heterocycles. The minimum Gasteiger partial charge on any atom is -0.508 e. The summed E-state index contributed by atoms with van der Waals surface area (Å²) in [7, 11) is 0. The number of carbonyl (C=O) groups is 1. The summed E-state index contributed by atoms with van der Waals surface area (Å²) in [5.74, 6) is 0.463. The number of fused-ring (bicyclic) bond motifs is 1. The van der Waals surface area contributed by atoms with Crippen LogP contribution in [0.2, 0.25) is 0 Å². The molecule has 114 valence electrons. The number of hydrogen-bond donors (Lipinski definition) is 3. The van der Waals surface area contributed by atoms with Gasteiger partial charge in [0, 0.05) is 29.1 Å². The van der Waals surface area contributed by atoms with E-state index in [4.69, 9.17) is 0 Å². The minimum absolute atomic E-state index is 0.000131. The van der Waals surface area contributed by atoms with Crippen molar-refractivity contribution in [3.05, 3.63) is 30.0 Å². The summed E-state index contributed by atoms with van der Waals surface area (Å²) >= 11 is 0. The number of ketones is 1. The third kappa shape index (κ3) is 3.64. The Morgan fingerprint density at radius 2 is 2.00 bits per heavy atom. The summed E-state index contributed by atoms with van der Waals surface area (Å²) in [6.07, 6.45) is 2.55. The molecular formula is C17H24N2O2. The van der Waals surface area contributed by atoms with E-state index in [-0.39, 0.29) is 29.5 Å². The molecule has 2 rings (SSSR count). The summed E-state index contributed by atoms with van der Waals surface area (Å²) < 4.78 is 0. The minimum atomic E-state index is -0.202. The number of aromatic nitrogens is 1. The van der Waals surface area contributed by atoms with Crippen LogP contribution in [-0.4, -0.2) is 28.0 Å². The molecule has 0 amide bonds. The van der Waals surface area contributed by atoms with Crippen molar-refractivity contribution < 1.29 is 9.90 Å². The normalized spacial score (nSPS) is 13.2. The van der Waals surface area contributed by atoms with Gasteiger partial charge in [0.05, 0.1) is 6.04 Å². The van der Waals surface area contributed by atoms with Crippen molar-refractivity contribution in [2.45, 2.75) is 46.2 Å². The number of H-pyrrole nitrogens is 1. The van der Waals surface area contributed by atoms with Gasteiger partial charge in [-0.25, -0.2) is 0 Å². The second kappa shape index (κ2) is 6.31. The third-order valence-corrected chi connectivity index (χ3v) is 3.62. The number of nitrogens with one attached hydrogen (secondary N) is 2. The van der Waals surface area contributed by atoms with E-state index in [0.29, 0.717) is 6.42 Å². The molecule has 0 fully saturated rings. The predicted octanol–water partition coefficient (Wildman–Crippen LogP) is 3.01. The topological polar surface area (TPSA) is 65.1 Å². The van der Waals surface area contributed by atoms with Gasteiger partial charge in [-0.1, -0.05) is 27.7 Å². The highest BCUT2D eigenvalue weighted by atomic mass is 16.3. The first-order valence-corrected chi connectivity index (χ1v) is 7.47. The first kappa shape index (κ1) is 15.6. The average molecular weight is 288 g/mol. The van der Waals surface area contributed by atoms with E-state index in [9.17, 15) is 9.90 Å². The molecule has 4 nitrogen and oxygen atoms in total. The molecule has 1 unspecified atom stereocenters. The van der Waals surface area contributed by atoms with E-state index in [2.05, 4.69) is 10.3 Å². The molecule has 0 aliphatic carbocycles. The van der Waals surface area contributed by atoms with Crippen molar-refractivity contribution in [2.24, 2.45) is 5.92 Å². The highest BCUT2D eigenvalue weighted by molar-refractivity contribution is 5.88. The molecule has 1 aromatic carbocycles. The summed E-state index contributed by atoms with van der Waals surface area (Å²) in [4.78, 5) is 15.6. The summed E-state index contributed by atoms with van der Waals surface area (Å²) in [6.45, 7) is 7.94. The lowest BCUT2D eigenvalue weighted by Gasteiger charge is -2.21. The molecule has 0 aliphatic heterocycles. The molecule has 0 spiro atoms. The maximum absolute atomic E-state index is 12.4. The zero-order valence-electron chi connectivity index (χ0n) is 13.1. The lowest BCUT2D eigenvalue weighted by Crippen LogP contribution is -2.44. The largest absolute Gasteiger partial charge is 0.508 e. The van der Waals surface area contributed by atoms with Crippen molar-refractivity contribution >= 4 is 16.7 Å². The monoisotopic (exact) mass is 288 g/mol. The molecular weight excluding hydrogens is 264 g/mol. The van der Waals surface area contributed by atoms with Crippen LogP contribution in [0.15, 0.2) is 24.4 Å². The zero-order valence-corrected chi connectivity index (χ0v) is 13.1. The number of rotatable bonds is 6. The number of carbonyl (C=O) groups excluding carboxylic acids is 1. The number of Topliss-reactive ketones (excluding diaryl/α,β-unsaturated/α-hetero) is 1. The van der Waals surface area contributed by atoms with Crippen LogP contribution in [-0.2, 0) is 11.2 Å². The highest BCUT2D eigenvalue weighted by Gasteiger charge is 2.23. The zero-order chi connectivity index (χ0) is 15.6. The molecule has 0 radical (unpaired) electrons. The maximum Gasteiger partial charge on any atom is 0.152 e. The Morgan fingerprint density at radius 1 is 1.29 bits per heavy atom. The van der Waals surface area contributed by atoms with E-state index < -0.39 is 0 Å². The van der Waals surface area contributed by atoms with Crippen LogP contribution in [0.25, 0.3) is 10.9 Å². The van der Waals surface area contributed by atoms with Crippen LogP contribution >= 0.6 is 0 Å². The van der Waals surface area contributed by atoms with Gasteiger partial charge in [-0.15, -0.1) is 0 Å². The SMILES string of the molecule is CC(C)NC(Cc1c[nH]c2ccc(O)cc12)C(=O)C(C)C. The summed E-state index contributed by atoms with van der Waals surface area (Å²) in [6, 6.07) is 5.30. The molecule has 0 bridgehead atoms. The van der Waals surface area contributed by atoms with Gasteiger partial charge in [-0.05, 0) is 30.2 Å². The van der Waals surface area contributed by atoms with Crippen molar-refractivity contribution in [3.8, 4) is 5.75 Å². The number of aromatic amines is 1.